The highest BCUT2D eigenvalue weighted by Gasteiger charge is 2.40. The van der Waals surface area contributed by atoms with Crippen molar-refractivity contribution in [2.24, 2.45) is 11.8 Å². The van der Waals surface area contributed by atoms with Crippen LogP contribution >= 0.6 is 0 Å². The van der Waals surface area contributed by atoms with Gasteiger partial charge in [-0.15, -0.1) is 0 Å². The monoisotopic (exact) mass is 376 g/mol. The molecule has 146 valence electrons. The van der Waals surface area contributed by atoms with E-state index in [-0.39, 0.29) is 5.41 Å². The van der Waals surface area contributed by atoms with Crippen molar-refractivity contribution < 1.29 is 0 Å². The second-order valence-corrected chi connectivity index (χ2v) is 9.33. The maximum atomic E-state index is 4.74. The molecule has 2 unspecified atom stereocenters. The number of hydrogen-bond acceptors (Lipinski definition) is 5. The first-order valence-corrected chi connectivity index (χ1v) is 10.2. The van der Waals surface area contributed by atoms with Gasteiger partial charge in [0.2, 0.25) is 0 Å². The summed E-state index contributed by atoms with van der Waals surface area (Å²) >= 11 is 0. The summed E-state index contributed by atoms with van der Waals surface area (Å²) in [4.78, 5) is 22.2. The van der Waals surface area contributed by atoms with E-state index >= 15 is 0 Å². The summed E-state index contributed by atoms with van der Waals surface area (Å²) in [5.41, 5.74) is 3.35. The Morgan fingerprint density at radius 3 is 2.50 bits per heavy atom. The predicted octanol–water partition coefficient (Wildman–Crippen LogP) is 3.22. The van der Waals surface area contributed by atoms with Crippen LogP contribution in [0.1, 0.15) is 32.3 Å². The Balaban J connectivity index is 1.24. The van der Waals surface area contributed by atoms with Crippen LogP contribution in [0.15, 0.2) is 36.7 Å². The number of benzene rings is 1. The number of nitrogens with one attached hydrogen (secondary N) is 1. The Bertz CT molecular complexity index is 941. The third-order valence-electron chi connectivity index (χ3n) is 6.12. The number of imidazole rings is 1. The van der Waals surface area contributed by atoms with Crippen molar-refractivity contribution in [3.8, 4) is 0 Å². The van der Waals surface area contributed by atoms with E-state index in [1.165, 1.54) is 0 Å². The van der Waals surface area contributed by atoms with E-state index in [1.54, 1.807) is 6.33 Å². The molecule has 28 heavy (non-hydrogen) atoms. The van der Waals surface area contributed by atoms with Gasteiger partial charge in [0.25, 0.3) is 0 Å². The molecule has 4 heterocycles. The van der Waals surface area contributed by atoms with Crippen LogP contribution in [0, 0.1) is 11.8 Å². The number of para-hydroxylation sites is 2. The first-order valence-electron chi connectivity index (χ1n) is 10.2. The van der Waals surface area contributed by atoms with Gasteiger partial charge in [-0.2, -0.15) is 0 Å². The summed E-state index contributed by atoms with van der Waals surface area (Å²) in [6, 6.07) is 10.4. The molecule has 1 aromatic carbocycles. The first-order chi connectivity index (χ1) is 13.5. The predicted molar refractivity (Wildman–Crippen MR) is 111 cm³/mol. The molecule has 2 aromatic heterocycles. The maximum absolute atomic E-state index is 4.74. The van der Waals surface area contributed by atoms with Crippen LogP contribution in [0.4, 0.5) is 5.82 Å². The number of aromatic nitrogens is 4. The molecule has 0 saturated carbocycles. The van der Waals surface area contributed by atoms with Crippen LogP contribution in [-0.4, -0.2) is 51.0 Å². The maximum Gasteiger partial charge on any atom is 0.132 e. The van der Waals surface area contributed by atoms with E-state index in [9.17, 15) is 0 Å². The van der Waals surface area contributed by atoms with Crippen LogP contribution in [0.3, 0.4) is 0 Å². The number of rotatable bonds is 3. The smallest absolute Gasteiger partial charge is 0.132 e. The number of hydrogen-bond donors (Lipinski definition) is 1. The van der Waals surface area contributed by atoms with Crippen molar-refractivity contribution in [2.75, 3.05) is 31.1 Å². The van der Waals surface area contributed by atoms with E-state index in [1.807, 2.05) is 6.07 Å². The Morgan fingerprint density at radius 1 is 1.04 bits per heavy atom. The number of anilines is 1. The minimum Gasteiger partial charge on any atom is -0.356 e. The summed E-state index contributed by atoms with van der Waals surface area (Å²) in [6.45, 7) is 12.0. The minimum atomic E-state index is 0.0522. The quantitative estimate of drug-likeness (QED) is 0.760. The number of H-pyrrole nitrogens is 1. The van der Waals surface area contributed by atoms with Crippen molar-refractivity contribution in [1.29, 1.82) is 0 Å². The lowest BCUT2D eigenvalue weighted by Crippen LogP contribution is -2.29. The van der Waals surface area contributed by atoms with Gasteiger partial charge in [0, 0.05) is 37.7 Å². The largest absolute Gasteiger partial charge is 0.356 e. The summed E-state index contributed by atoms with van der Waals surface area (Å²) in [5, 5.41) is 0. The van der Waals surface area contributed by atoms with E-state index in [4.69, 9.17) is 4.98 Å². The average molecular weight is 377 g/mol. The zero-order valence-electron chi connectivity index (χ0n) is 16.9. The topological polar surface area (TPSA) is 60.9 Å². The Labute approximate surface area is 166 Å². The van der Waals surface area contributed by atoms with Crippen molar-refractivity contribution >= 4 is 16.9 Å². The SMILES string of the molecule is CC(C)(C)c1cc(N2CC3CN(Cc4nc5ccccc5[nH]4)CC3C2)ncn1. The average Bonchev–Trinajstić information content (AvgIpc) is 3.33. The van der Waals surface area contributed by atoms with Gasteiger partial charge >= 0.3 is 0 Å². The van der Waals surface area contributed by atoms with E-state index in [0.29, 0.717) is 11.8 Å². The van der Waals surface area contributed by atoms with Gasteiger partial charge in [-0.1, -0.05) is 32.9 Å². The zero-order chi connectivity index (χ0) is 19.3. The number of fused-ring (bicyclic) bond motifs is 2. The number of aromatic amines is 1. The fourth-order valence-corrected chi connectivity index (χ4v) is 4.63. The molecule has 6 nitrogen and oxygen atoms in total. The lowest BCUT2D eigenvalue weighted by molar-refractivity contribution is 0.302. The van der Waals surface area contributed by atoms with Gasteiger partial charge < -0.3 is 9.88 Å². The normalized spacial score (nSPS) is 22.9. The van der Waals surface area contributed by atoms with Crippen molar-refractivity contribution in [3.63, 3.8) is 0 Å². The molecule has 2 atom stereocenters. The van der Waals surface area contributed by atoms with Gasteiger partial charge in [0.15, 0.2) is 0 Å². The van der Waals surface area contributed by atoms with E-state index in [0.717, 1.165) is 61.1 Å². The highest BCUT2D eigenvalue weighted by molar-refractivity contribution is 5.74. The van der Waals surface area contributed by atoms with Gasteiger partial charge in [0.05, 0.1) is 23.3 Å². The number of likely N-dealkylation sites (tertiary alicyclic amines) is 1. The fraction of sp³-hybridized carbons (Fsp3) is 0.500. The highest BCUT2D eigenvalue weighted by atomic mass is 15.3. The van der Waals surface area contributed by atoms with Crippen molar-refractivity contribution in [1.82, 2.24) is 24.8 Å². The van der Waals surface area contributed by atoms with Crippen LogP contribution in [0.5, 0.6) is 0 Å². The fourth-order valence-electron chi connectivity index (χ4n) is 4.63. The van der Waals surface area contributed by atoms with Crippen LogP contribution in [-0.2, 0) is 12.0 Å². The van der Waals surface area contributed by atoms with Crippen LogP contribution < -0.4 is 4.90 Å². The summed E-state index contributed by atoms with van der Waals surface area (Å²) in [5.74, 6) is 3.57. The molecule has 2 saturated heterocycles. The third-order valence-corrected chi connectivity index (χ3v) is 6.12. The van der Waals surface area contributed by atoms with E-state index in [2.05, 4.69) is 69.8 Å². The second kappa shape index (κ2) is 6.55. The Morgan fingerprint density at radius 2 is 1.79 bits per heavy atom. The molecule has 1 N–H and O–H groups in total. The van der Waals surface area contributed by atoms with Gasteiger partial charge in [-0.3, -0.25) is 4.90 Å². The lowest BCUT2D eigenvalue weighted by atomic mass is 9.92. The molecule has 0 spiro atoms. The molecular formula is C22H28N6. The lowest BCUT2D eigenvalue weighted by Gasteiger charge is -2.24. The Kier molecular flexibility index (Phi) is 4.12. The summed E-state index contributed by atoms with van der Waals surface area (Å²) < 4.78 is 0. The first kappa shape index (κ1) is 17.6. The van der Waals surface area contributed by atoms with Gasteiger partial charge in [-0.05, 0) is 24.0 Å². The van der Waals surface area contributed by atoms with Gasteiger partial charge in [0.1, 0.15) is 18.0 Å². The molecule has 3 aromatic rings. The van der Waals surface area contributed by atoms with E-state index < -0.39 is 0 Å². The highest BCUT2D eigenvalue weighted by Crippen LogP contribution is 2.34. The van der Waals surface area contributed by atoms with Crippen LogP contribution in [0.2, 0.25) is 0 Å². The molecule has 2 fully saturated rings. The van der Waals surface area contributed by atoms with Crippen LogP contribution in [0.25, 0.3) is 11.0 Å². The molecule has 0 radical (unpaired) electrons. The summed E-state index contributed by atoms with van der Waals surface area (Å²) in [6.07, 6.45) is 1.72. The number of nitrogens with zero attached hydrogens (tertiary/aromatic N) is 5. The standard InChI is InChI=1S/C22H28N6/c1-22(2,3)19-8-21(24-14-23-19)28-11-15-9-27(10-16(15)12-28)13-20-25-17-6-4-5-7-18(17)26-20/h4-8,14-16H,9-13H2,1-3H3,(H,25,26). The molecule has 6 heteroatoms. The Hall–Kier alpha value is -2.47. The molecule has 2 aliphatic rings. The van der Waals surface area contributed by atoms with Gasteiger partial charge in [-0.25, -0.2) is 15.0 Å². The molecular weight excluding hydrogens is 348 g/mol. The molecule has 0 amide bonds. The molecule has 5 rings (SSSR count). The second-order valence-electron chi connectivity index (χ2n) is 9.33. The molecule has 2 aliphatic heterocycles. The minimum absolute atomic E-state index is 0.0522. The summed E-state index contributed by atoms with van der Waals surface area (Å²) in [7, 11) is 0. The molecule has 0 aliphatic carbocycles. The zero-order valence-corrected chi connectivity index (χ0v) is 16.9. The van der Waals surface area contributed by atoms with Crippen molar-refractivity contribution in [3.05, 3.63) is 48.2 Å². The van der Waals surface area contributed by atoms with Crippen molar-refractivity contribution in [2.45, 2.75) is 32.7 Å². The third kappa shape index (κ3) is 3.26. The molecule has 0 bridgehead atoms.